The minimum absolute atomic E-state index is 0.761. The van der Waals surface area contributed by atoms with Crippen LogP contribution in [0.5, 0.6) is 0 Å². The molecular formula is C23H30N6S. The summed E-state index contributed by atoms with van der Waals surface area (Å²) in [6.45, 7) is 12.5. The molecule has 3 aromatic rings. The van der Waals surface area contributed by atoms with Crippen molar-refractivity contribution in [3.05, 3.63) is 85.1 Å². The number of nitrogens with zero attached hydrogens (tertiary/aromatic N) is 4. The summed E-state index contributed by atoms with van der Waals surface area (Å²) in [5, 5.41) is 7.99. The predicted octanol–water partition coefficient (Wildman–Crippen LogP) is 5.15. The highest BCUT2D eigenvalue weighted by molar-refractivity contribution is 7.96. The first-order chi connectivity index (χ1) is 14.6. The SMILES string of the molecule is C=C(/C=C(\C)NSC)c1cnc2ccc(NCCc3ccccn3)nn12.C=CCC. The third-order valence-electron chi connectivity index (χ3n) is 4.05. The Morgan fingerprint density at radius 3 is 2.70 bits per heavy atom. The normalized spacial score (nSPS) is 10.8. The van der Waals surface area contributed by atoms with Gasteiger partial charge in [0.25, 0.3) is 0 Å². The van der Waals surface area contributed by atoms with Crippen LogP contribution in [0.25, 0.3) is 11.2 Å². The van der Waals surface area contributed by atoms with Crippen molar-refractivity contribution in [1.29, 1.82) is 0 Å². The van der Waals surface area contributed by atoms with Gasteiger partial charge >= 0.3 is 0 Å². The Kier molecular flexibility index (Phi) is 9.67. The number of nitrogens with one attached hydrogen (secondary N) is 2. The zero-order chi connectivity index (χ0) is 21.8. The van der Waals surface area contributed by atoms with Crippen LogP contribution in [0, 0.1) is 0 Å². The molecule has 2 N–H and O–H groups in total. The number of fused-ring (bicyclic) bond motifs is 1. The number of pyridine rings is 1. The monoisotopic (exact) mass is 422 g/mol. The zero-order valence-corrected chi connectivity index (χ0v) is 18.7. The Morgan fingerprint density at radius 1 is 1.23 bits per heavy atom. The van der Waals surface area contributed by atoms with E-state index in [9.17, 15) is 0 Å². The van der Waals surface area contributed by atoms with Crippen molar-refractivity contribution in [2.24, 2.45) is 0 Å². The molecule has 0 radical (unpaired) electrons. The molecule has 0 amide bonds. The number of anilines is 1. The van der Waals surface area contributed by atoms with Gasteiger partial charge in [-0.15, -0.1) is 11.7 Å². The standard InChI is InChI=1S/C19H22N6S.C4H8/c1-14(12-15(2)24-26-3)17-13-22-19-8-7-18(23-25(17)19)21-11-9-16-6-4-5-10-20-16;1-3-4-2/h4-8,10,12-13,24H,1,9,11H2,2-3H3,(H,21,23);3H,1,4H2,2H3/b15-12+;. The summed E-state index contributed by atoms with van der Waals surface area (Å²) in [5.41, 5.74) is 4.60. The van der Waals surface area contributed by atoms with E-state index in [1.807, 2.05) is 66.4 Å². The first-order valence-corrected chi connectivity index (χ1v) is 11.1. The van der Waals surface area contributed by atoms with Gasteiger partial charge in [0.05, 0.1) is 11.9 Å². The predicted molar refractivity (Wildman–Crippen MR) is 129 cm³/mol. The topological polar surface area (TPSA) is 67.1 Å². The van der Waals surface area contributed by atoms with Crippen LogP contribution in [0.15, 0.2) is 73.7 Å². The number of aromatic nitrogens is 4. The molecule has 0 saturated carbocycles. The molecule has 30 heavy (non-hydrogen) atoms. The lowest BCUT2D eigenvalue weighted by Crippen LogP contribution is -2.09. The molecule has 0 spiro atoms. The van der Waals surface area contributed by atoms with E-state index in [-0.39, 0.29) is 0 Å². The lowest BCUT2D eigenvalue weighted by atomic mass is 10.2. The summed E-state index contributed by atoms with van der Waals surface area (Å²) < 4.78 is 5.00. The Balaban J connectivity index is 0.000000735. The van der Waals surface area contributed by atoms with Crippen molar-refractivity contribution >= 4 is 29.0 Å². The summed E-state index contributed by atoms with van der Waals surface area (Å²) in [4.78, 5) is 8.74. The molecule has 0 aliphatic carbocycles. The van der Waals surface area contributed by atoms with Crippen molar-refractivity contribution in [2.75, 3.05) is 18.1 Å². The van der Waals surface area contributed by atoms with Crippen molar-refractivity contribution in [2.45, 2.75) is 26.7 Å². The molecule has 0 atom stereocenters. The van der Waals surface area contributed by atoms with Crippen molar-refractivity contribution in [3.63, 3.8) is 0 Å². The summed E-state index contributed by atoms with van der Waals surface area (Å²) >= 11 is 1.55. The second-order valence-electron chi connectivity index (χ2n) is 6.49. The minimum Gasteiger partial charge on any atom is -0.368 e. The van der Waals surface area contributed by atoms with Gasteiger partial charge in [-0.05, 0) is 49.3 Å². The van der Waals surface area contributed by atoms with E-state index in [1.165, 1.54) is 0 Å². The van der Waals surface area contributed by atoms with Crippen LogP contribution < -0.4 is 10.0 Å². The van der Waals surface area contributed by atoms with Crippen molar-refractivity contribution < 1.29 is 0 Å². The van der Waals surface area contributed by atoms with Gasteiger partial charge in [-0.25, -0.2) is 9.50 Å². The summed E-state index contributed by atoms with van der Waals surface area (Å²) in [6.07, 6.45) is 11.4. The van der Waals surface area contributed by atoms with Crippen LogP contribution in [0.3, 0.4) is 0 Å². The third-order valence-corrected chi connectivity index (χ3v) is 4.57. The fraction of sp³-hybridized carbons (Fsp3) is 0.261. The second kappa shape index (κ2) is 12.5. The van der Waals surface area contributed by atoms with Crippen LogP contribution in [0.4, 0.5) is 5.82 Å². The average molecular weight is 423 g/mol. The fourth-order valence-electron chi connectivity index (χ4n) is 2.58. The third kappa shape index (κ3) is 7.08. The number of imidazole rings is 1. The summed E-state index contributed by atoms with van der Waals surface area (Å²) in [7, 11) is 0. The van der Waals surface area contributed by atoms with Gasteiger partial charge in [-0.2, -0.15) is 0 Å². The van der Waals surface area contributed by atoms with Crippen LogP contribution >= 0.6 is 11.9 Å². The molecule has 7 heteroatoms. The van der Waals surface area contributed by atoms with E-state index >= 15 is 0 Å². The number of allylic oxidation sites excluding steroid dienone is 4. The maximum Gasteiger partial charge on any atom is 0.154 e. The molecule has 6 nitrogen and oxygen atoms in total. The molecule has 3 heterocycles. The van der Waals surface area contributed by atoms with Crippen LogP contribution in [-0.4, -0.2) is 32.4 Å². The molecule has 158 valence electrons. The number of hydrogen-bond acceptors (Lipinski definition) is 6. The Morgan fingerprint density at radius 2 is 2.03 bits per heavy atom. The van der Waals surface area contributed by atoms with E-state index in [2.05, 4.69) is 45.2 Å². The highest BCUT2D eigenvalue weighted by atomic mass is 32.2. The van der Waals surface area contributed by atoms with Crippen LogP contribution in [0.2, 0.25) is 0 Å². The van der Waals surface area contributed by atoms with Gasteiger partial charge in [0, 0.05) is 36.8 Å². The zero-order valence-electron chi connectivity index (χ0n) is 17.9. The van der Waals surface area contributed by atoms with E-state index in [1.54, 1.807) is 18.1 Å². The molecule has 3 aromatic heterocycles. The van der Waals surface area contributed by atoms with Gasteiger partial charge < -0.3 is 10.0 Å². The fourth-order valence-corrected chi connectivity index (χ4v) is 2.96. The quantitative estimate of drug-likeness (QED) is 0.283. The minimum atomic E-state index is 0.761. The summed E-state index contributed by atoms with van der Waals surface area (Å²) in [5.74, 6) is 0.795. The maximum atomic E-state index is 4.65. The van der Waals surface area contributed by atoms with Crippen LogP contribution in [-0.2, 0) is 6.42 Å². The lowest BCUT2D eigenvalue weighted by Gasteiger charge is -2.08. The molecule has 0 bridgehead atoms. The van der Waals surface area contributed by atoms with Crippen molar-refractivity contribution in [3.8, 4) is 0 Å². The Hall–Kier alpha value is -3.06. The largest absolute Gasteiger partial charge is 0.368 e. The number of hydrogen-bond donors (Lipinski definition) is 2. The summed E-state index contributed by atoms with van der Waals surface area (Å²) in [6, 6.07) is 9.82. The lowest BCUT2D eigenvalue weighted by molar-refractivity contribution is 0.896. The van der Waals surface area contributed by atoms with Crippen molar-refractivity contribution in [1.82, 2.24) is 24.3 Å². The van der Waals surface area contributed by atoms with Crippen LogP contribution in [0.1, 0.15) is 31.7 Å². The highest BCUT2D eigenvalue weighted by Crippen LogP contribution is 2.18. The molecular weight excluding hydrogens is 392 g/mol. The molecule has 0 aliphatic rings. The molecule has 3 rings (SSSR count). The second-order valence-corrected chi connectivity index (χ2v) is 7.10. The van der Waals surface area contributed by atoms with Gasteiger partial charge in [-0.3, -0.25) is 4.98 Å². The maximum absolute atomic E-state index is 4.65. The molecule has 0 fully saturated rings. The van der Waals surface area contributed by atoms with Gasteiger partial charge in [0.1, 0.15) is 5.82 Å². The molecule has 0 unspecified atom stereocenters. The van der Waals surface area contributed by atoms with E-state index in [0.717, 1.165) is 53.5 Å². The first kappa shape index (κ1) is 23.2. The van der Waals surface area contributed by atoms with Gasteiger partial charge in [0.15, 0.2) is 5.65 Å². The highest BCUT2D eigenvalue weighted by Gasteiger charge is 2.08. The Labute approximate surface area is 183 Å². The first-order valence-electron chi connectivity index (χ1n) is 9.85. The van der Waals surface area contributed by atoms with E-state index < -0.39 is 0 Å². The Bertz CT molecular complexity index is 978. The molecule has 0 saturated heterocycles. The van der Waals surface area contributed by atoms with Gasteiger partial charge in [-0.1, -0.05) is 37.6 Å². The average Bonchev–Trinajstić information content (AvgIpc) is 3.18. The van der Waals surface area contributed by atoms with Gasteiger partial charge in [0.2, 0.25) is 0 Å². The van der Waals surface area contributed by atoms with E-state index in [4.69, 9.17) is 0 Å². The smallest absolute Gasteiger partial charge is 0.154 e. The van der Waals surface area contributed by atoms with E-state index in [0.29, 0.717) is 0 Å². The number of rotatable bonds is 9. The molecule has 0 aliphatic heterocycles. The molecule has 0 aromatic carbocycles.